The molecule has 0 fully saturated rings. The Morgan fingerprint density at radius 1 is 1.12 bits per heavy atom. The highest BCUT2D eigenvalue weighted by Crippen LogP contribution is 2.29. The molecular formula is C20H24N4O2. The molecule has 136 valence electrons. The Morgan fingerprint density at radius 3 is 2.31 bits per heavy atom. The van der Waals surface area contributed by atoms with Gasteiger partial charge in [0.2, 0.25) is 5.88 Å². The van der Waals surface area contributed by atoms with Gasteiger partial charge in [-0.05, 0) is 38.3 Å². The van der Waals surface area contributed by atoms with Crippen LogP contribution in [0.4, 0.5) is 11.4 Å². The number of pyridine rings is 1. The highest BCUT2D eigenvalue weighted by molar-refractivity contribution is 5.57. The topological polar surface area (TPSA) is 90.7 Å². The van der Waals surface area contributed by atoms with E-state index in [4.69, 9.17) is 0 Å². The van der Waals surface area contributed by atoms with Gasteiger partial charge in [0.05, 0.1) is 5.69 Å². The van der Waals surface area contributed by atoms with Crippen molar-refractivity contribution in [3.8, 4) is 11.9 Å². The maximum absolute atomic E-state index is 12.8. The molecule has 2 rings (SSSR count). The van der Waals surface area contributed by atoms with Crippen molar-refractivity contribution < 1.29 is 5.11 Å². The molecule has 0 saturated heterocycles. The number of benzene rings is 1. The van der Waals surface area contributed by atoms with Crippen LogP contribution in [0.5, 0.6) is 5.88 Å². The lowest BCUT2D eigenvalue weighted by Gasteiger charge is -2.13. The van der Waals surface area contributed by atoms with E-state index in [2.05, 4.69) is 17.2 Å². The third-order valence-corrected chi connectivity index (χ3v) is 4.44. The number of aromatic hydroxyl groups is 1. The lowest BCUT2D eigenvalue weighted by atomic mass is 10.1. The van der Waals surface area contributed by atoms with Crippen LogP contribution in [0.2, 0.25) is 0 Å². The van der Waals surface area contributed by atoms with Gasteiger partial charge in [0.15, 0.2) is 5.69 Å². The summed E-state index contributed by atoms with van der Waals surface area (Å²) in [6.07, 6.45) is 2.66. The Labute approximate surface area is 153 Å². The fourth-order valence-electron chi connectivity index (χ4n) is 2.85. The fourth-order valence-corrected chi connectivity index (χ4v) is 2.85. The summed E-state index contributed by atoms with van der Waals surface area (Å²) in [6.45, 7) is 7.86. The van der Waals surface area contributed by atoms with Gasteiger partial charge in [-0.15, -0.1) is 10.2 Å². The van der Waals surface area contributed by atoms with E-state index < -0.39 is 5.56 Å². The molecule has 0 aliphatic rings. The van der Waals surface area contributed by atoms with Crippen LogP contribution in [0.1, 0.15) is 48.4 Å². The molecule has 0 aliphatic heterocycles. The number of aryl methyl sites for hydroxylation is 2. The van der Waals surface area contributed by atoms with Crippen molar-refractivity contribution >= 4 is 11.4 Å². The molecule has 0 amide bonds. The van der Waals surface area contributed by atoms with Crippen molar-refractivity contribution in [3.63, 3.8) is 0 Å². The molecule has 1 aromatic heterocycles. The predicted octanol–water partition coefficient (Wildman–Crippen LogP) is 4.96. The summed E-state index contributed by atoms with van der Waals surface area (Å²) >= 11 is 0. The van der Waals surface area contributed by atoms with Crippen molar-refractivity contribution in [2.75, 3.05) is 0 Å². The minimum Gasteiger partial charge on any atom is -0.493 e. The van der Waals surface area contributed by atoms with Crippen LogP contribution in [-0.2, 0) is 6.54 Å². The van der Waals surface area contributed by atoms with Crippen LogP contribution >= 0.6 is 0 Å². The van der Waals surface area contributed by atoms with Crippen LogP contribution in [0.15, 0.2) is 33.2 Å². The van der Waals surface area contributed by atoms with E-state index in [0.717, 1.165) is 30.4 Å². The Morgan fingerprint density at radius 2 is 1.73 bits per heavy atom. The monoisotopic (exact) mass is 352 g/mol. The van der Waals surface area contributed by atoms with Crippen LogP contribution in [0.25, 0.3) is 0 Å². The normalized spacial score (nSPS) is 11.0. The van der Waals surface area contributed by atoms with Gasteiger partial charge >= 0.3 is 0 Å². The lowest BCUT2D eigenvalue weighted by Crippen LogP contribution is -2.22. The van der Waals surface area contributed by atoms with E-state index in [1.807, 2.05) is 38.1 Å². The second kappa shape index (κ2) is 8.43. The van der Waals surface area contributed by atoms with Gasteiger partial charge in [-0.25, -0.2) is 0 Å². The minimum absolute atomic E-state index is 0.0663. The summed E-state index contributed by atoms with van der Waals surface area (Å²) in [5, 5.41) is 28.1. The first-order valence-corrected chi connectivity index (χ1v) is 8.76. The number of aromatic nitrogens is 1. The van der Waals surface area contributed by atoms with E-state index >= 15 is 0 Å². The van der Waals surface area contributed by atoms with E-state index in [1.54, 1.807) is 6.92 Å². The van der Waals surface area contributed by atoms with Gasteiger partial charge in [0.1, 0.15) is 11.6 Å². The van der Waals surface area contributed by atoms with Gasteiger partial charge < -0.3 is 5.11 Å². The van der Waals surface area contributed by atoms with Crippen LogP contribution in [-0.4, -0.2) is 9.67 Å². The van der Waals surface area contributed by atoms with Crippen molar-refractivity contribution in [3.05, 3.63) is 50.8 Å². The summed E-state index contributed by atoms with van der Waals surface area (Å²) in [7, 11) is 0. The summed E-state index contributed by atoms with van der Waals surface area (Å²) in [5.74, 6) is -0.294. The van der Waals surface area contributed by atoms with Gasteiger partial charge in [0.25, 0.3) is 5.56 Å². The molecule has 0 atom stereocenters. The van der Waals surface area contributed by atoms with Gasteiger partial charge in [0, 0.05) is 12.1 Å². The summed E-state index contributed by atoms with van der Waals surface area (Å²) in [4.78, 5) is 12.8. The number of hydrogen-bond acceptors (Lipinski definition) is 5. The summed E-state index contributed by atoms with van der Waals surface area (Å²) < 4.78 is 1.22. The van der Waals surface area contributed by atoms with Gasteiger partial charge in [-0.3, -0.25) is 9.36 Å². The largest absolute Gasteiger partial charge is 0.493 e. The van der Waals surface area contributed by atoms with E-state index in [9.17, 15) is 15.2 Å². The summed E-state index contributed by atoms with van der Waals surface area (Å²) in [6, 6.07) is 7.76. The average molecular weight is 352 g/mol. The molecule has 1 heterocycles. The number of unbranched alkanes of at least 4 members (excludes halogenated alkanes) is 2. The highest BCUT2D eigenvalue weighted by Gasteiger charge is 2.19. The molecule has 6 heteroatoms. The molecule has 2 aromatic rings. The van der Waals surface area contributed by atoms with Crippen molar-refractivity contribution in [1.29, 1.82) is 5.26 Å². The lowest BCUT2D eigenvalue weighted by molar-refractivity contribution is 0.398. The number of nitriles is 1. The van der Waals surface area contributed by atoms with Crippen molar-refractivity contribution in [1.82, 2.24) is 4.57 Å². The van der Waals surface area contributed by atoms with Crippen molar-refractivity contribution in [2.45, 2.75) is 53.5 Å². The maximum atomic E-state index is 12.8. The van der Waals surface area contributed by atoms with E-state index in [0.29, 0.717) is 17.8 Å². The zero-order chi connectivity index (χ0) is 19.3. The quantitative estimate of drug-likeness (QED) is 0.588. The zero-order valence-electron chi connectivity index (χ0n) is 15.7. The van der Waals surface area contributed by atoms with E-state index in [-0.39, 0.29) is 17.1 Å². The second-order valence-corrected chi connectivity index (χ2v) is 6.39. The average Bonchev–Trinajstić information content (AvgIpc) is 2.60. The first-order valence-electron chi connectivity index (χ1n) is 8.76. The molecule has 0 radical (unpaired) electrons. The number of hydrogen-bond donors (Lipinski definition) is 1. The molecule has 1 aromatic carbocycles. The smallest absolute Gasteiger partial charge is 0.281 e. The molecule has 0 saturated carbocycles. The fraction of sp³-hybridized carbons (Fsp3) is 0.400. The molecule has 0 bridgehead atoms. The van der Waals surface area contributed by atoms with Crippen LogP contribution in [0, 0.1) is 32.1 Å². The van der Waals surface area contributed by atoms with E-state index in [1.165, 1.54) is 4.57 Å². The standard InChI is InChI=1S/C20H24N4O2/c1-5-6-7-11-24-19(25)16(12-21)15(4)18(20(24)26)23-22-17-13(2)9-8-10-14(17)3/h8-10,25H,5-7,11H2,1-4H3. The molecule has 0 unspecified atom stereocenters. The number of azo groups is 1. The molecule has 1 N–H and O–H groups in total. The SMILES string of the molecule is CCCCCn1c(O)c(C#N)c(C)c(N=Nc2c(C)cccc2C)c1=O. The number of rotatable bonds is 6. The first kappa shape index (κ1) is 19.4. The molecule has 0 spiro atoms. The Kier molecular flexibility index (Phi) is 6.29. The Balaban J connectivity index is 2.58. The zero-order valence-corrected chi connectivity index (χ0v) is 15.7. The highest BCUT2D eigenvalue weighted by atomic mass is 16.3. The Hall–Kier alpha value is -2.94. The minimum atomic E-state index is -0.426. The Bertz CT molecular complexity index is 916. The third-order valence-electron chi connectivity index (χ3n) is 4.44. The van der Waals surface area contributed by atoms with Crippen molar-refractivity contribution in [2.24, 2.45) is 10.2 Å². The van der Waals surface area contributed by atoms with Gasteiger partial charge in [-0.2, -0.15) is 5.26 Å². The molecule has 26 heavy (non-hydrogen) atoms. The van der Waals surface area contributed by atoms with Crippen LogP contribution < -0.4 is 5.56 Å². The summed E-state index contributed by atoms with van der Waals surface area (Å²) in [5.41, 5.74) is 2.69. The maximum Gasteiger partial charge on any atom is 0.281 e. The molecular weight excluding hydrogens is 328 g/mol. The van der Waals surface area contributed by atoms with Gasteiger partial charge in [-0.1, -0.05) is 38.0 Å². The third kappa shape index (κ3) is 3.83. The molecule has 6 nitrogen and oxygen atoms in total. The van der Waals surface area contributed by atoms with Crippen LogP contribution in [0.3, 0.4) is 0 Å². The predicted molar refractivity (Wildman–Crippen MR) is 101 cm³/mol. The second-order valence-electron chi connectivity index (χ2n) is 6.39. The molecule has 0 aliphatic carbocycles. The first-order chi connectivity index (χ1) is 12.4. The number of nitrogens with zero attached hydrogens (tertiary/aromatic N) is 4.